The number of nitrogens with one attached hydrogen (secondary N) is 2. The Kier molecular flexibility index (Phi) is 5.88. The van der Waals surface area contributed by atoms with Crippen molar-refractivity contribution in [3.05, 3.63) is 0 Å². The highest BCUT2D eigenvalue weighted by Crippen LogP contribution is 2.28. The lowest BCUT2D eigenvalue weighted by atomic mass is 9.97. The van der Waals surface area contributed by atoms with Crippen LogP contribution in [0.15, 0.2) is 0 Å². The number of amides is 1. The molecule has 1 saturated carbocycles. The Morgan fingerprint density at radius 3 is 2.57 bits per heavy atom. The van der Waals surface area contributed by atoms with Gasteiger partial charge in [0, 0.05) is 25.2 Å². The maximum Gasteiger partial charge on any atom is 0.407 e. The second-order valence-corrected chi connectivity index (χ2v) is 7.26. The number of hydrogen-bond donors (Lipinski definition) is 2. The number of ether oxygens (including phenoxy) is 2. The van der Waals surface area contributed by atoms with Crippen molar-refractivity contribution in [3.8, 4) is 0 Å². The lowest BCUT2D eigenvalue weighted by molar-refractivity contribution is 0.0516. The average Bonchev–Trinajstić information content (AvgIpc) is 3.05. The van der Waals surface area contributed by atoms with Gasteiger partial charge in [-0.15, -0.1) is 0 Å². The van der Waals surface area contributed by atoms with Crippen molar-refractivity contribution in [1.82, 2.24) is 10.6 Å². The number of carbonyl (C=O) groups is 1. The largest absolute Gasteiger partial charge is 0.444 e. The van der Waals surface area contributed by atoms with Crippen LogP contribution in [0.25, 0.3) is 0 Å². The summed E-state index contributed by atoms with van der Waals surface area (Å²) in [6.07, 6.45) is 5.85. The predicted molar refractivity (Wildman–Crippen MR) is 82.3 cm³/mol. The molecule has 5 nitrogen and oxygen atoms in total. The van der Waals surface area contributed by atoms with E-state index in [1.54, 1.807) is 0 Å². The fraction of sp³-hybridized carbons (Fsp3) is 0.938. The number of carbonyl (C=O) groups excluding carboxylic acids is 1. The minimum atomic E-state index is -0.445. The molecule has 5 heteroatoms. The van der Waals surface area contributed by atoms with Crippen LogP contribution in [0.2, 0.25) is 0 Å². The summed E-state index contributed by atoms with van der Waals surface area (Å²) in [5, 5.41) is 6.61. The Bertz CT molecular complexity index is 329. The van der Waals surface area contributed by atoms with Gasteiger partial charge in [0.15, 0.2) is 0 Å². The van der Waals surface area contributed by atoms with E-state index in [4.69, 9.17) is 9.47 Å². The van der Waals surface area contributed by atoms with E-state index in [0.29, 0.717) is 24.5 Å². The van der Waals surface area contributed by atoms with E-state index >= 15 is 0 Å². The summed E-state index contributed by atoms with van der Waals surface area (Å²) in [5.74, 6) is 0.653. The second-order valence-electron chi connectivity index (χ2n) is 7.26. The van der Waals surface area contributed by atoms with Crippen LogP contribution in [0.3, 0.4) is 0 Å². The molecule has 122 valence electrons. The van der Waals surface area contributed by atoms with E-state index in [9.17, 15) is 4.79 Å². The first-order chi connectivity index (χ1) is 9.94. The molecule has 1 aliphatic carbocycles. The quantitative estimate of drug-likeness (QED) is 0.818. The lowest BCUT2D eigenvalue weighted by Gasteiger charge is -2.28. The molecule has 0 radical (unpaired) electrons. The van der Waals surface area contributed by atoms with Crippen molar-refractivity contribution < 1.29 is 14.3 Å². The molecule has 2 aliphatic rings. The molecule has 0 spiro atoms. The zero-order valence-electron chi connectivity index (χ0n) is 13.6. The summed E-state index contributed by atoms with van der Waals surface area (Å²) >= 11 is 0. The number of hydrogen-bond acceptors (Lipinski definition) is 4. The van der Waals surface area contributed by atoms with Gasteiger partial charge in [-0.3, -0.25) is 0 Å². The van der Waals surface area contributed by atoms with Crippen LogP contribution in [-0.2, 0) is 9.47 Å². The SMILES string of the molecule is CC(C)(C)OC(=O)NCC(NC1CCOC1)C1CCCC1. The molecule has 2 atom stereocenters. The lowest BCUT2D eigenvalue weighted by Crippen LogP contribution is -2.49. The zero-order valence-corrected chi connectivity index (χ0v) is 13.6. The van der Waals surface area contributed by atoms with Crippen LogP contribution in [0.4, 0.5) is 4.79 Å². The summed E-state index contributed by atoms with van der Waals surface area (Å²) in [6.45, 7) is 7.92. The number of alkyl carbamates (subject to hydrolysis) is 1. The number of rotatable bonds is 5. The predicted octanol–water partition coefficient (Wildman–Crippen LogP) is 2.45. The molecule has 0 aromatic carbocycles. The molecule has 21 heavy (non-hydrogen) atoms. The third kappa shape index (κ3) is 5.83. The summed E-state index contributed by atoms with van der Waals surface area (Å²) in [7, 11) is 0. The van der Waals surface area contributed by atoms with Gasteiger partial charge in [0.2, 0.25) is 0 Å². The minimum absolute atomic E-state index is 0.324. The summed E-state index contributed by atoms with van der Waals surface area (Å²) in [4.78, 5) is 11.8. The van der Waals surface area contributed by atoms with Gasteiger partial charge in [0.1, 0.15) is 5.60 Å². The topological polar surface area (TPSA) is 59.6 Å². The zero-order chi connectivity index (χ0) is 15.3. The van der Waals surface area contributed by atoms with Gasteiger partial charge in [-0.1, -0.05) is 12.8 Å². The maximum atomic E-state index is 11.8. The highest BCUT2D eigenvalue weighted by atomic mass is 16.6. The Hall–Kier alpha value is -0.810. The molecule has 1 saturated heterocycles. The molecule has 0 bridgehead atoms. The Morgan fingerprint density at radius 2 is 2.00 bits per heavy atom. The third-order valence-corrected chi connectivity index (χ3v) is 4.21. The van der Waals surface area contributed by atoms with Crippen LogP contribution < -0.4 is 10.6 Å². The Morgan fingerprint density at radius 1 is 1.29 bits per heavy atom. The van der Waals surface area contributed by atoms with Gasteiger partial charge in [-0.25, -0.2) is 4.79 Å². The molecule has 2 rings (SSSR count). The molecule has 0 aromatic heterocycles. The standard InChI is InChI=1S/C16H30N2O3/c1-16(2,3)21-15(19)17-10-14(12-6-4-5-7-12)18-13-8-9-20-11-13/h12-14,18H,4-11H2,1-3H3,(H,17,19). The van der Waals surface area contributed by atoms with Crippen molar-refractivity contribution in [1.29, 1.82) is 0 Å². The Balaban J connectivity index is 1.81. The van der Waals surface area contributed by atoms with Crippen LogP contribution in [0, 0.1) is 5.92 Å². The third-order valence-electron chi connectivity index (χ3n) is 4.21. The molecule has 1 amide bonds. The molecular formula is C16H30N2O3. The fourth-order valence-corrected chi connectivity index (χ4v) is 3.20. The van der Waals surface area contributed by atoms with Gasteiger partial charge < -0.3 is 20.1 Å². The van der Waals surface area contributed by atoms with Gasteiger partial charge >= 0.3 is 6.09 Å². The summed E-state index contributed by atoms with van der Waals surface area (Å²) in [5.41, 5.74) is -0.445. The van der Waals surface area contributed by atoms with Gasteiger partial charge in [0.25, 0.3) is 0 Å². The van der Waals surface area contributed by atoms with Crippen LogP contribution in [0.1, 0.15) is 52.9 Å². The Labute approximate surface area is 128 Å². The summed E-state index contributed by atoms with van der Waals surface area (Å²) in [6, 6.07) is 0.753. The van der Waals surface area contributed by atoms with Crippen molar-refractivity contribution >= 4 is 6.09 Å². The van der Waals surface area contributed by atoms with E-state index in [-0.39, 0.29) is 6.09 Å². The van der Waals surface area contributed by atoms with Crippen molar-refractivity contribution in [2.45, 2.75) is 70.6 Å². The molecule has 2 N–H and O–H groups in total. The van der Waals surface area contributed by atoms with E-state index in [1.807, 2.05) is 20.8 Å². The minimum Gasteiger partial charge on any atom is -0.444 e. The van der Waals surface area contributed by atoms with Crippen LogP contribution in [-0.4, -0.2) is 43.5 Å². The highest BCUT2D eigenvalue weighted by molar-refractivity contribution is 5.67. The van der Waals surface area contributed by atoms with E-state index < -0.39 is 5.60 Å². The van der Waals surface area contributed by atoms with E-state index in [0.717, 1.165) is 19.6 Å². The molecular weight excluding hydrogens is 268 g/mol. The van der Waals surface area contributed by atoms with Crippen molar-refractivity contribution in [2.75, 3.05) is 19.8 Å². The average molecular weight is 298 g/mol. The summed E-state index contributed by atoms with van der Waals surface area (Å²) < 4.78 is 10.8. The van der Waals surface area contributed by atoms with E-state index in [2.05, 4.69) is 10.6 Å². The normalized spacial score (nSPS) is 25.0. The van der Waals surface area contributed by atoms with Gasteiger partial charge in [-0.05, 0) is 46.0 Å². The van der Waals surface area contributed by atoms with Crippen molar-refractivity contribution in [3.63, 3.8) is 0 Å². The van der Waals surface area contributed by atoms with Crippen LogP contribution in [0.5, 0.6) is 0 Å². The van der Waals surface area contributed by atoms with Gasteiger partial charge in [0.05, 0.1) is 6.61 Å². The molecule has 0 aromatic rings. The molecule has 2 fully saturated rings. The fourth-order valence-electron chi connectivity index (χ4n) is 3.20. The molecule has 2 unspecified atom stereocenters. The molecule has 1 aliphatic heterocycles. The smallest absolute Gasteiger partial charge is 0.407 e. The first-order valence-corrected chi connectivity index (χ1v) is 8.25. The second kappa shape index (κ2) is 7.45. The monoisotopic (exact) mass is 298 g/mol. The highest BCUT2D eigenvalue weighted by Gasteiger charge is 2.29. The van der Waals surface area contributed by atoms with E-state index in [1.165, 1.54) is 25.7 Å². The first-order valence-electron chi connectivity index (χ1n) is 8.25. The van der Waals surface area contributed by atoms with Crippen molar-refractivity contribution in [2.24, 2.45) is 5.92 Å². The van der Waals surface area contributed by atoms with Crippen LogP contribution >= 0.6 is 0 Å². The maximum absolute atomic E-state index is 11.8. The molecule has 1 heterocycles. The first kappa shape index (κ1) is 16.6. The van der Waals surface area contributed by atoms with Gasteiger partial charge in [-0.2, -0.15) is 0 Å².